The number of anilines is 1. The number of amides is 1. The zero-order chi connectivity index (χ0) is 33.5. The molecule has 4 rings (SSSR count). The van der Waals surface area contributed by atoms with Gasteiger partial charge < -0.3 is 9.57 Å². The summed E-state index contributed by atoms with van der Waals surface area (Å²) in [5, 5.41) is 9.28. The van der Waals surface area contributed by atoms with Gasteiger partial charge in [0.25, 0.3) is 0 Å². The lowest BCUT2D eigenvalue weighted by Crippen LogP contribution is -2.39. The Morgan fingerprint density at radius 3 is 2.13 bits per heavy atom. The summed E-state index contributed by atoms with van der Waals surface area (Å²) < 4.78 is 34.4. The summed E-state index contributed by atoms with van der Waals surface area (Å²) in [6.45, 7) is 10.3. The molecule has 46 heavy (non-hydrogen) atoms. The smallest absolute Gasteiger partial charge is 0.441 e. The molecule has 3 aromatic heterocycles. The number of carbonyl (C=O) groups is 2. The minimum Gasteiger partial charge on any atom is -0.441 e. The molecule has 0 unspecified atom stereocenters. The van der Waals surface area contributed by atoms with Crippen LogP contribution in [0.5, 0.6) is 0 Å². The number of pyridine rings is 2. The Hall–Kier alpha value is -4.75. The number of hydrogen-bond donors (Lipinski definition) is 0. The topological polar surface area (TPSA) is 145 Å². The summed E-state index contributed by atoms with van der Waals surface area (Å²) in [6.07, 6.45) is 1.81. The summed E-state index contributed by atoms with van der Waals surface area (Å²) in [4.78, 5) is 39.9. The molecule has 242 valence electrons. The number of hydrogen-bond acceptors (Lipinski definition) is 10. The summed E-state index contributed by atoms with van der Waals surface area (Å²) in [5.74, 6) is -0.719. The first-order valence-corrected chi connectivity index (χ1v) is 16.0. The molecule has 1 aromatic carbocycles. The van der Waals surface area contributed by atoms with Gasteiger partial charge >= 0.3 is 12.1 Å². The molecular formula is C33H38N6O6S. The summed E-state index contributed by atoms with van der Waals surface area (Å²) in [5.41, 5.74) is 0.877. The predicted octanol–water partition coefficient (Wildman–Crippen LogP) is 5.96. The van der Waals surface area contributed by atoms with Crippen molar-refractivity contribution in [1.29, 1.82) is 0 Å². The highest BCUT2D eigenvalue weighted by Crippen LogP contribution is 2.25. The molecule has 4 aromatic rings. The van der Waals surface area contributed by atoms with E-state index in [2.05, 4.69) is 20.2 Å². The van der Waals surface area contributed by atoms with Crippen LogP contribution >= 0.6 is 0 Å². The minimum absolute atomic E-state index is 0.0211. The number of rotatable bonds is 9. The molecule has 0 atom stereocenters. The van der Waals surface area contributed by atoms with Crippen molar-refractivity contribution in [3.05, 3.63) is 96.6 Å². The standard InChI is InChI=1S/C33H38N6O6S/c1-32(2,3)20-30(40)45-39(31(41)44-33(4,5)6)29-16-10-14-25(35-29)22-38(46(42,43)27-15-11-19-34-21-27)23-26-17-18-28(37-36-26)24-12-8-7-9-13-24/h7-19,21H,20,22-23H2,1-6H3. The van der Waals surface area contributed by atoms with Crippen LogP contribution in [0, 0.1) is 5.41 Å². The van der Waals surface area contributed by atoms with Crippen LogP contribution in [0.3, 0.4) is 0 Å². The maximum atomic E-state index is 13.8. The Balaban J connectivity index is 1.67. The third-order valence-corrected chi connectivity index (χ3v) is 7.94. The van der Waals surface area contributed by atoms with Gasteiger partial charge in [0, 0.05) is 18.0 Å². The molecule has 0 saturated heterocycles. The average Bonchev–Trinajstić information content (AvgIpc) is 2.99. The van der Waals surface area contributed by atoms with Crippen LogP contribution in [0.1, 0.15) is 59.4 Å². The second-order valence-electron chi connectivity index (χ2n) is 12.7. The zero-order valence-electron chi connectivity index (χ0n) is 26.7. The second kappa shape index (κ2) is 14.1. The normalized spacial score (nSPS) is 12.1. The molecule has 0 fully saturated rings. The zero-order valence-corrected chi connectivity index (χ0v) is 27.6. The van der Waals surface area contributed by atoms with E-state index >= 15 is 0 Å². The summed E-state index contributed by atoms with van der Waals surface area (Å²) in [6, 6.07) is 20.6. The molecule has 0 saturated carbocycles. The average molecular weight is 647 g/mol. The van der Waals surface area contributed by atoms with Crippen molar-refractivity contribution in [2.45, 2.75) is 71.5 Å². The van der Waals surface area contributed by atoms with Crippen LogP contribution in [0.4, 0.5) is 10.6 Å². The Labute approximate surface area is 269 Å². The highest BCUT2D eigenvalue weighted by Gasteiger charge is 2.31. The van der Waals surface area contributed by atoms with Crippen molar-refractivity contribution in [3.8, 4) is 11.3 Å². The van der Waals surface area contributed by atoms with Gasteiger partial charge in [-0.2, -0.15) is 14.5 Å². The fraction of sp³-hybridized carbons (Fsp3) is 0.333. The van der Waals surface area contributed by atoms with Crippen LogP contribution in [-0.4, -0.2) is 50.6 Å². The molecule has 0 aliphatic heterocycles. The second-order valence-corrected chi connectivity index (χ2v) is 14.6. The van der Waals surface area contributed by atoms with E-state index in [9.17, 15) is 18.0 Å². The van der Waals surface area contributed by atoms with Gasteiger partial charge in [-0.15, -0.1) is 0 Å². The number of hydroxylamine groups is 1. The molecule has 0 bridgehead atoms. The van der Waals surface area contributed by atoms with E-state index in [0.29, 0.717) is 16.5 Å². The first kappa shape index (κ1) is 34.1. The van der Waals surface area contributed by atoms with Crippen LogP contribution < -0.4 is 5.06 Å². The van der Waals surface area contributed by atoms with E-state index < -0.39 is 33.1 Å². The van der Waals surface area contributed by atoms with Gasteiger partial charge in [0.2, 0.25) is 10.0 Å². The lowest BCUT2D eigenvalue weighted by atomic mass is 9.93. The van der Waals surface area contributed by atoms with Crippen LogP contribution in [0.2, 0.25) is 0 Å². The van der Waals surface area contributed by atoms with E-state index in [-0.39, 0.29) is 35.9 Å². The third kappa shape index (κ3) is 9.62. The van der Waals surface area contributed by atoms with Gasteiger partial charge in [0.05, 0.1) is 36.6 Å². The van der Waals surface area contributed by atoms with E-state index in [1.165, 1.54) is 34.9 Å². The van der Waals surface area contributed by atoms with E-state index in [1.807, 2.05) is 51.1 Å². The van der Waals surface area contributed by atoms with Crippen molar-refractivity contribution in [2.75, 3.05) is 5.06 Å². The van der Waals surface area contributed by atoms with Gasteiger partial charge in [0.15, 0.2) is 5.82 Å². The van der Waals surface area contributed by atoms with Crippen molar-refractivity contribution >= 4 is 27.9 Å². The van der Waals surface area contributed by atoms with E-state index in [4.69, 9.17) is 9.57 Å². The number of ether oxygens (including phenoxy) is 1. The van der Waals surface area contributed by atoms with Crippen molar-refractivity contribution in [3.63, 3.8) is 0 Å². The van der Waals surface area contributed by atoms with Gasteiger partial charge in [-0.1, -0.05) is 62.2 Å². The highest BCUT2D eigenvalue weighted by atomic mass is 32.2. The molecule has 0 radical (unpaired) electrons. The molecular weight excluding hydrogens is 608 g/mol. The monoisotopic (exact) mass is 646 g/mol. The van der Waals surface area contributed by atoms with Crippen LogP contribution in [0.25, 0.3) is 11.3 Å². The minimum atomic E-state index is -4.10. The van der Waals surface area contributed by atoms with Crippen molar-refractivity contribution in [1.82, 2.24) is 24.5 Å². The molecule has 13 heteroatoms. The third-order valence-electron chi connectivity index (χ3n) is 6.17. The number of nitrogens with zero attached hydrogens (tertiary/aromatic N) is 6. The van der Waals surface area contributed by atoms with Crippen molar-refractivity contribution in [2.24, 2.45) is 5.41 Å². The molecule has 0 aliphatic carbocycles. The fourth-order valence-corrected chi connectivity index (χ4v) is 5.51. The van der Waals surface area contributed by atoms with Gasteiger partial charge in [-0.05, 0) is 62.6 Å². The first-order chi connectivity index (χ1) is 21.6. The van der Waals surface area contributed by atoms with Crippen LogP contribution in [-0.2, 0) is 37.5 Å². The van der Waals surface area contributed by atoms with Gasteiger partial charge in [-0.25, -0.2) is 23.0 Å². The SMILES string of the molecule is CC(C)(C)CC(=O)ON(C(=O)OC(C)(C)C)c1cccc(CN(Cc2ccc(-c3ccccc3)nn2)S(=O)(=O)c2cccnc2)n1. The molecule has 1 amide bonds. The molecule has 0 N–H and O–H groups in total. The summed E-state index contributed by atoms with van der Waals surface area (Å²) >= 11 is 0. The van der Waals surface area contributed by atoms with E-state index in [1.54, 1.807) is 45.0 Å². The Kier molecular flexibility index (Phi) is 10.5. The van der Waals surface area contributed by atoms with E-state index in [0.717, 1.165) is 5.56 Å². The predicted molar refractivity (Wildman–Crippen MR) is 171 cm³/mol. The van der Waals surface area contributed by atoms with Gasteiger partial charge in [0.1, 0.15) is 10.5 Å². The highest BCUT2D eigenvalue weighted by molar-refractivity contribution is 7.89. The maximum Gasteiger partial charge on any atom is 0.450 e. The molecule has 3 heterocycles. The number of carbonyl (C=O) groups excluding carboxylic acids is 2. The lowest BCUT2D eigenvalue weighted by Gasteiger charge is -2.27. The molecule has 0 spiro atoms. The summed E-state index contributed by atoms with van der Waals surface area (Å²) in [7, 11) is -4.10. The largest absolute Gasteiger partial charge is 0.450 e. The Bertz CT molecular complexity index is 1740. The lowest BCUT2D eigenvalue weighted by molar-refractivity contribution is -0.147. The number of benzene rings is 1. The number of sulfonamides is 1. The fourth-order valence-electron chi connectivity index (χ4n) is 4.16. The number of aromatic nitrogens is 4. The van der Waals surface area contributed by atoms with Crippen molar-refractivity contribution < 1.29 is 27.6 Å². The molecule has 0 aliphatic rings. The Morgan fingerprint density at radius 2 is 1.52 bits per heavy atom. The van der Waals surface area contributed by atoms with Crippen LogP contribution in [0.15, 0.2) is 90.1 Å². The van der Waals surface area contributed by atoms with Gasteiger partial charge in [-0.3, -0.25) is 4.98 Å². The molecule has 12 nitrogen and oxygen atoms in total. The maximum absolute atomic E-state index is 13.8. The quantitative estimate of drug-likeness (QED) is 0.200. The Morgan fingerprint density at radius 1 is 0.804 bits per heavy atom. The first-order valence-electron chi connectivity index (χ1n) is 14.6.